The minimum atomic E-state index is -5.68. The van der Waals surface area contributed by atoms with Crippen LogP contribution in [0.5, 0.6) is 0 Å². The second kappa shape index (κ2) is 10.0. The van der Waals surface area contributed by atoms with E-state index in [1.807, 2.05) is 0 Å². The van der Waals surface area contributed by atoms with E-state index in [1.165, 1.54) is 25.7 Å². The van der Waals surface area contributed by atoms with Gasteiger partial charge in [0.2, 0.25) is 0 Å². The van der Waals surface area contributed by atoms with E-state index in [9.17, 15) is 26.7 Å². The van der Waals surface area contributed by atoms with Crippen molar-refractivity contribution in [3.05, 3.63) is 0 Å². The van der Waals surface area contributed by atoms with Crippen molar-refractivity contribution >= 4 is 15.9 Å². The molecule has 4 nitrogen and oxygen atoms in total. The first kappa shape index (κ1) is 20.2. The highest BCUT2D eigenvalue weighted by Gasteiger charge is 2.45. The minimum absolute atomic E-state index is 0.259. The Morgan fingerprint density at radius 2 is 1.38 bits per heavy atom. The van der Waals surface area contributed by atoms with Crippen molar-refractivity contribution in [2.45, 2.75) is 76.6 Å². The van der Waals surface area contributed by atoms with Gasteiger partial charge in [-0.1, -0.05) is 58.3 Å². The average Bonchev–Trinajstić information content (AvgIpc) is 2.35. The lowest BCUT2D eigenvalue weighted by Gasteiger charge is -2.11. The summed E-state index contributed by atoms with van der Waals surface area (Å²) in [6, 6.07) is 0. The lowest BCUT2D eigenvalue weighted by atomic mass is 10.1. The molecule has 0 heterocycles. The summed E-state index contributed by atoms with van der Waals surface area (Å²) in [5, 5.41) is 11.1. The van der Waals surface area contributed by atoms with Crippen molar-refractivity contribution in [3.8, 4) is 0 Å². The topological polar surface area (TPSA) is 69.6 Å². The molecular weight excluding hydrogens is 307 g/mol. The van der Waals surface area contributed by atoms with E-state index < -0.39 is 21.4 Å². The zero-order chi connectivity index (χ0) is 16.4. The SMILES string of the molecule is CCCCCCCCCCC/C([O-])=N/S(=O)(=O)C(F)(F)F. The minimum Gasteiger partial charge on any atom is -0.861 e. The molecule has 0 saturated carbocycles. The maximum Gasteiger partial charge on any atom is 0.518 e. The highest BCUT2D eigenvalue weighted by molar-refractivity contribution is 7.91. The van der Waals surface area contributed by atoms with E-state index in [-0.39, 0.29) is 6.42 Å². The van der Waals surface area contributed by atoms with Gasteiger partial charge in [-0.25, -0.2) is 0 Å². The van der Waals surface area contributed by atoms with Gasteiger partial charge in [0.1, 0.15) is 0 Å². The third-order valence-corrected chi connectivity index (χ3v) is 4.04. The fourth-order valence-electron chi connectivity index (χ4n) is 1.82. The molecule has 0 unspecified atom stereocenters. The molecule has 0 atom stereocenters. The van der Waals surface area contributed by atoms with Crippen LogP contribution in [0, 0.1) is 0 Å². The fraction of sp³-hybridized carbons (Fsp3) is 0.923. The van der Waals surface area contributed by atoms with Crippen LogP contribution in [0.1, 0.15) is 71.1 Å². The van der Waals surface area contributed by atoms with Gasteiger partial charge >= 0.3 is 15.5 Å². The van der Waals surface area contributed by atoms with Crippen LogP contribution in [0.2, 0.25) is 0 Å². The summed E-state index contributed by atoms with van der Waals surface area (Å²) < 4.78 is 59.4. The first-order chi connectivity index (χ1) is 9.70. The summed E-state index contributed by atoms with van der Waals surface area (Å²) >= 11 is 0. The maximum atomic E-state index is 12.0. The van der Waals surface area contributed by atoms with Gasteiger partial charge < -0.3 is 5.11 Å². The molecule has 0 saturated heterocycles. The summed E-state index contributed by atoms with van der Waals surface area (Å²) in [6.07, 6.45) is 8.63. The van der Waals surface area contributed by atoms with Crippen molar-refractivity contribution in [1.82, 2.24) is 0 Å². The molecule has 126 valence electrons. The van der Waals surface area contributed by atoms with E-state index in [4.69, 9.17) is 0 Å². The third kappa shape index (κ3) is 9.71. The Morgan fingerprint density at radius 1 is 0.952 bits per heavy atom. The molecule has 0 aromatic rings. The van der Waals surface area contributed by atoms with Crippen LogP contribution in [-0.2, 0) is 10.0 Å². The standard InChI is InChI=1S/C13H24F3NO3S/c1-2-3-4-5-6-7-8-9-10-11-12(18)17-21(19,20)13(14,15)16/h2-11H2,1H3,(H,17,18)/p-1. The summed E-state index contributed by atoms with van der Waals surface area (Å²) in [5.74, 6) is -1.23. The number of rotatable bonds is 11. The highest BCUT2D eigenvalue weighted by atomic mass is 32.2. The van der Waals surface area contributed by atoms with Crippen LogP contribution in [0.4, 0.5) is 13.2 Å². The molecule has 0 N–H and O–H groups in total. The molecule has 0 aromatic carbocycles. The van der Waals surface area contributed by atoms with Gasteiger partial charge in [0.25, 0.3) is 0 Å². The van der Waals surface area contributed by atoms with Crippen molar-refractivity contribution in [2.24, 2.45) is 4.40 Å². The van der Waals surface area contributed by atoms with Crippen LogP contribution in [0.3, 0.4) is 0 Å². The molecule has 21 heavy (non-hydrogen) atoms. The van der Waals surface area contributed by atoms with Crippen LogP contribution in [0.15, 0.2) is 4.40 Å². The highest BCUT2D eigenvalue weighted by Crippen LogP contribution is 2.24. The van der Waals surface area contributed by atoms with E-state index in [0.29, 0.717) is 12.8 Å². The molecule has 0 aromatic heterocycles. The van der Waals surface area contributed by atoms with Gasteiger partial charge in [-0.15, -0.1) is 0 Å². The molecule has 0 bridgehead atoms. The van der Waals surface area contributed by atoms with Crippen LogP contribution in [0.25, 0.3) is 0 Å². The number of unbranched alkanes of at least 4 members (excludes halogenated alkanes) is 8. The van der Waals surface area contributed by atoms with Gasteiger partial charge in [0, 0.05) is 0 Å². The Balaban J connectivity index is 3.79. The first-order valence-electron chi connectivity index (χ1n) is 7.28. The van der Waals surface area contributed by atoms with Gasteiger partial charge in [-0.3, -0.25) is 0 Å². The number of hydrogen-bond donors (Lipinski definition) is 0. The van der Waals surface area contributed by atoms with E-state index in [1.54, 1.807) is 0 Å². The number of nitrogens with zero attached hydrogens (tertiary/aromatic N) is 1. The van der Waals surface area contributed by atoms with Gasteiger partial charge in [-0.2, -0.15) is 26.0 Å². The Bertz CT molecular complexity index is 405. The monoisotopic (exact) mass is 330 g/mol. The number of sulfonamides is 1. The number of hydrogen-bond acceptors (Lipinski definition) is 3. The van der Waals surface area contributed by atoms with E-state index >= 15 is 0 Å². The average molecular weight is 330 g/mol. The predicted octanol–water partition coefficient (Wildman–Crippen LogP) is 3.52. The van der Waals surface area contributed by atoms with E-state index in [2.05, 4.69) is 11.3 Å². The molecule has 0 rings (SSSR count). The lowest BCUT2D eigenvalue weighted by Crippen LogP contribution is -2.26. The Kier molecular flexibility index (Phi) is 9.65. The van der Waals surface area contributed by atoms with Gasteiger partial charge in [0.15, 0.2) is 0 Å². The zero-order valence-corrected chi connectivity index (χ0v) is 13.1. The normalized spacial score (nSPS) is 13.6. The molecule has 0 amide bonds. The van der Waals surface area contributed by atoms with E-state index in [0.717, 1.165) is 19.3 Å². The van der Waals surface area contributed by atoms with Crippen LogP contribution < -0.4 is 5.11 Å². The largest absolute Gasteiger partial charge is 0.861 e. The number of alkyl halides is 3. The zero-order valence-electron chi connectivity index (χ0n) is 12.3. The van der Waals surface area contributed by atoms with Crippen molar-refractivity contribution in [2.75, 3.05) is 0 Å². The summed E-state index contributed by atoms with van der Waals surface area (Å²) in [7, 11) is -5.68. The molecule has 0 aliphatic carbocycles. The van der Waals surface area contributed by atoms with Gasteiger partial charge in [0.05, 0.1) is 0 Å². The summed E-state index contributed by atoms with van der Waals surface area (Å²) in [4.78, 5) is 0. The Labute approximate surface area is 124 Å². The van der Waals surface area contributed by atoms with Crippen molar-refractivity contribution in [3.63, 3.8) is 0 Å². The molecule has 0 aliphatic rings. The smallest absolute Gasteiger partial charge is 0.518 e. The first-order valence-corrected chi connectivity index (χ1v) is 8.72. The van der Waals surface area contributed by atoms with Gasteiger partial charge in [-0.05, 0) is 18.7 Å². The molecule has 0 fully saturated rings. The second-order valence-electron chi connectivity index (χ2n) is 4.98. The fourth-order valence-corrected chi connectivity index (χ4v) is 2.28. The molecular formula is C13H23F3NO3S-. The molecule has 8 heteroatoms. The summed E-state index contributed by atoms with van der Waals surface area (Å²) in [5.41, 5.74) is -5.50. The lowest BCUT2D eigenvalue weighted by molar-refractivity contribution is -0.218. The molecule has 0 radical (unpaired) electrons. The Morgan fingerprint density at radius 3 is 1.81 bits per heavy atom. The Hall–Kier alpha value is -0.790. The summed E-state index contributed by atoms with van der Waals surface area (Å²) in [6.45, 7) is 2.14. The number of halogens is 3. The predicted molar refractivity (Wildman–Crippen MR) is 74.3 cm³/mol. The quantitative estimate of drug-likeness (QED) is 0.331. The molecule has 0 aliphatic heterocycles. The van der Waals surface area contributed by atoms with Crippen molar-refractivity contribution < 1.29 is 26.7 Å². The third-order valence-electron chi connectivity index (χ3n) is 3.01. The maximum absolute atomic E-state index is 12.0. The molecule has 0 spiro atoms. The van der Waals surface area contributed by atoms with Crippen LogP contribution >= 0.6 is 0 Å². The second-order valence-corrected chi connectivity index (χ2v) is 6.58. The van der Waals surface area contributed by atoms with Crippen molar-refractivity contribution in [1.29, 1.82) is 0 Å². The van der Waals surface area contributed by atoms with Crippen LogP contribution in [-0.4, -0.2) is 19.8 Å².